The van der Waals surface area contributed by atoms with Crippen molar-refractivity contribution in [1.82, 2.24) is 0 Å². The molecule has 0 aliphatic carbocycles. The highest BCUT2D eigenvalue weighted by molar-refractivity contribution is 6.17. The summed E-state index contributed by atoms with van der Waals surface area (Å²) in [5, 5.41) is 0.655. The number of hydrogen-bond donors (Lipinski definition) is 0. The van der Waals surface area contributed by atoms with Crippen LogP contribution in [0.15, 0.2) is 33.0 Å². The maximum atomic E-state index is 13.3. The van der Waals surface area contributed by atoms with E-state index in [0.29, 0.717) is 45.6 Å². The zero-order valence-electron chi connectivity index (χ0n) is 17.3. The van der Waals surface area contributed by atoms with Gasteiger partial charge in [-0.15, -0.1) is 0 Å². The van der Waals surface area contributed by atoms with Gasteiger partial charge in [-0.2, -0.15) is 0 Å². The number of ketones is 1. The first-order valence-electron chi connectivity index (χ1n) is 9.50. The zero-order valence-corrected chi connectivity index (χ0v) is 17.3. The quantitative estimate of drug-likeness (QED) is 0.409. The molecule has 0 spiro atoms. The summed E-state index contributed by atoms with van der Waals surface area (Å²) in [6.45, 7) is 9.43. The van der Waals surface area contributed by atoms with Crippen molar-refractivity contribution in [3.8, 4) is 11.5 Å². The van der Waals surface area contributed by atoms with Crippen molar-refractivity contribution in [2.24, 2.45) is 0 Å². The van der Waals surface area contributed by atoms with E-state index in [-0.39, 0.29) is 5.78 Å². The standard InChI is InChI=1S/C23H26O5/c1-7-9-14-12-16(24)27-20-15-10-11-23(4,5)28-21(15)18(19(25)13(3)8-2)22(26-6)17(14)20/h8,10-12H,7,9H2,1-6H3/b13-8+. The maximum absolute atomic E-state index is 13.3. The van der Waals surface area contributed by atoms with Crippen LogP contribution in [0.1, 0.15) is 62.5 Å². The van der Waals surface area contributed by atoms with E-state index in [4.69, 9.17) is 13.9 Å². The van der Waals surface area contributed by atoms with E-state index in [1.165, 1.54) is 13.2 Å². The van der Waals surface area contributed by atoms with Crippen molar-refractivity contribution in [3.63, 3.8) is 0 Å². The van der Waals surface area contributed by atoms with Crippen molar-refractivity contribution in [2.75, 3.05) is 7.11 Å². The van der Waals surface area contributed by atoms with Gasteiger partial charge in [0.25, 0.3) is 0 Å². The van der Waals surface area contributed by atoms with Crippen molar-refractivity contribution < 1.29 is 18.7 Å². The third kappa shape index (κ3) is 3.26. The molecule has 2 heterocycles. The number of hydrogen-bond acceptors (Lipinski definition) is 5. The number of carbonyl (C=O) groups excluding carboxylic acids is 1. The smallest absolute Gasteiger partial charge is 0.336 e. The fraction of sp³-hybridized carbons (Fsp3) is 0.391. The van der Waals surface area contributed by atoms with Crippen LogP contribution >= 0.6 is 0 Å². The Morgan fingerprint density at radius 2 is 2.04 bits per heavy atom. The van der Waals surface area contributed by atoms with Crippen molar-refractivity contribution in [1.29, 1.82) is 0 Å². The Morgan fingerprint density at radius 1 is 1.32 bits per heavy atom. The molecule has 0 fully saturated rings. The molecule has 5 nitrogen and oxygen atoms in total. The molecule has 0 bridgehead atoms. The highest BCUT2D eigenvalue weighted by Gasteiger charge is 2.33. The lowest BCUT2D eigenvalue weighted by Gasteiger charge is -2.30. The Hall–Kier alpha value is -2.82. The fourth-order valence-electron chi connectivity index (χ4n) is 3.49. The predicted octanol–water partition coefficient (Wildman–Crippen LogP) is 5.09. The van der Waals surface area contributed by atoms with Crippen LogP contribution in [0.4, 0.5) is 0 Å². The third-order valence-electron chi connectivity index (χ3n) is 4.97. The molecule has 0 N–H and O–H groups in total. The number of rotatable bonds is 5. The largest absolute Gasteiger partial charge is 0.495 e. The number of aryl methyl sites for hydroxylation is 1. The van der Waals surface area contributed by atoms with Crippen LogP contribution in [0.2, 0.25) is 0 Å². The molecule has 0 atom stereocenters. The first kappa shape index (κ1) is 19.9. The van der Waals surface area contributed by atoms with Crippen molar-refractivity contribution in [3.05, 3.63) is 50.9 Å². The molecule has 0 saturated carbocycles. The summed E-state index contributed by atoms with van der Waals surface area (Å²) in [5.74, 6) is 0.607. The Kier molecular flexibility index (Phi) is 5.20. The van der Waals surface area contributed by atoms with Crippen LogP contribution in [-0.4, -0.2) is 18.5 Å². The molecule has 0 amide bonds. The van der Waals surface area contributed by atoms with Gasteiger partial charge in [-0.05, 0) is 57.4 Å². The van der Waals surface area contributed by atoms with E-state index in [9.17, 15) is 9.59 Å². The number of allylic oxidation sites excluding steroid dienone is 2. The molecule has 1 aromatic carbocycles. The van der Waals surface area contributed by atoms with Gasteiger partial charge in [-0.25, -0.2) is 4.79 Å². The Bertz CT molecular complexity index is 1070. The lowest BCUT2D eigenvalue weighted by molar-refractivity contribution is 0.101. The van der Waals surface area contributed by atoms with Gasteiger partial charge in [0.2, 0.25) is 0 Å². The second-order valence-corrected chi connectivity index (χ2v) is 7.54. The minimum absolute atomic E-state index is 0.169. The number of carbonyl (C=O) groups is 1. The van der Waals surface area contributed by atoms with Crippen molar-refractivity contribution >= 4 is 22.8 Å². The van der Waals surface area contributed by atoms with Crippen LogP contribution in [-0.2, 0) is 6.42 Å². The molecule has 2 aromatic rings. The lowest BCUT2D eigenvalue weighted by atomic mass is 9.91. The summed E-state index contributed by atoms with van der Waals surface area (Å²) in [4.78, 5) is 25.5. The normalized spacial score (nSPS) is 15.3. The molecule has 5 heteroatoms. The van der Waals surface area contributed by atoms with Crippen molar-refractivity contribution in [2.45, 2.75) is 53.1 Å². The number of methoxy groups -OCH3 is 1. The average molecular weight is 382 g/mol. The molecule has 0 radical (unpaired) electrons. The first-order valence-corrected chi connectivity index (χ1v) is 9.50. The number of benzene rings is 1. The topological polar surface area (TPSA) is 65.7 Å². The van der Waals surface area contributed by atoms with Gasteiger partial charge in [-0.3, -0.25) is 4.79 Å². The molecule has 1 aromatic heterocycles. The third-order valence-corrected chi connectivity index (χ3v) is 4.97. The highest BCUT2D eigenvalue weighted by atomic mass is 16.5. The van der Waals surface area contributed by atoms with E-state index in [2.05, 4.69) is 0 Å². The molecule has 0 saturated heterocycles. The number of ether oxygens (including phenoxy) is 2. The summed E-state index contributed by atoms with van der Waals surface area (Å²) >= 11 is 0. The average Bonchev–Trinajstić information content (AvgIpc) is 2.64. The predicted molar refractivity (Wildman–Crippen MR) is 111 cm³/mol. The Balaban J connectivity index is 2.55. The van der Waals surface area contributed by atoms with Gasteiger partial charge in [0.05, 0.1) is 18.1 Å². The molecule has 3 rings (SSSR count). The van der Waals surface area contributed by atoms with Crippen LogP contribution < -0.4 is 15.1 Å². The molecule has 1 aliphatic rings. The number of fused-ring (bicyclic) bond motifs is 3. The Labute approximate surface area is 164 Å². The lowest BCUT2D eigenvalue weighted by Crippen LogP contribution is -2.29. The van der Waals surface area contributed by atoms with Gasteiger partial charge in [0.1, 0.15) is 22.7 Å². The van der Waals surface area contributed by atoms with Gasteiger partial charge < -0.3 is 13.9 Å². The van der Waals surface area contributed by atoms with E-state index in [1.54, 1.807) is 13.0 Å². The first-order chi connectivity index (χ1) is 13.2. The van der Waals surface area contributed by atoms with Crippen LogP contribution in [0, 0.1) is 0 Å². The zero-order chi connectivity index (χ0) is 20.6. The van der Waals surface area contributed by atoms with Gasteiger partial charge in [-0.1, -0.05) is 19.4 Å². The maximum Gasteiger partial charge on any atom is 0.336 e. The Morgan fingerprint density at radius 3 is 2.64 bits per heavy atom. The molecule has 148 valence electrons. The molecular formula is C23H26O5. The van der Waals surface area contributed by atoms with Gasteiger partial charge in [0.15, 0.2) is 11.4 Å². The summed E-state index contributed by atoms with van der Waals surface area (Å²) in [7, 11) is 1.52. The molecule has 28 heavy (non-hydrogen) atoms. The van der Waals surface area contributed by atoms with E-state index in [1.807, 2.05) is 39.8 Å². The molecule has 0 unspecified atom stereocenters. The SMILES string of the molecule is C/C=C(\C)C(=O)c1c2c(c3oc(=O)cc(CCC)c3c1OC)C=CC(C)(C)O2. The summed E-state index contributed by atoms with van der Waals surface area (Å²) in [6, 6.07) is 1.48. The minimum atomic E-state index is -0.605. The minimum Gasteiger partial charge on any atom is -0.495 e. The van der Waals surface area contributed by atoms with Crippen LogP contribution in [0.3, 0.4) is 0 Å². The highest BCUT2D eigenvalue weighted by Crippen LogP contribution is 2.46. The second kappa shape index (κ2) is 7.30. The monoisotopic (exact) mass is 382 g/mol. The molecule has 1 aliphatic heterocycles. The van der Waals surface area contributed by atoms with E-state index < -0.39 is 11.2 Å². The van der Waals surface area contributed by atoms with E-state index >= 15 is 0 Å². The summed E-state index contributed by atoms with van der Waals surface area (Å²) in [5.41, 5.74) is 1.71. The van der Waals surface area contributed by atoms with E-state index in [0.717, 1.165) is 12.0 Å². The summed E-state index contributed by atoms with van der Waals surface area (Å²) < 4.78 is 17.5. The molecular weight excluding hydrogens is 356 g/mol. The number of Topliss-reactive ketones (excluding diaryl/α,β-unsaturated/α-hetero) is 1. The van der Waals surface area contributed by atoms with Crippen LogP contribution in [0.5, 0.6) is 11.5 Å². The fourth-order valence-corrected chi connectivity index (χ4v) is 3.49. The van der Waals surface area contributed by atoms with Gasteiger partial charge in [0, 0.05) is 6.07 Å². The van der Waals surface area contributed by atoms with Crippen LogP contribution in [0.25, 0.3) is 17.0 Å². The second-order valence-electron chi connectivity index (χ2n) is 7.54. The van der Waals surface area contributed by atoms with Gasteiger partial charge >= 0.3 is 5.63 Å². The summed E-state index contributed by atoms with van der Waals surface area (Å²) in [6.07, 6.45) is 7.03.